The molecule has 0 aromatic carbocycles. The molecule has 0 saturated carbocycles. The van der Waals surface area contributed by atoms with E-state index in [4.69, 9.17) is 23.8 Å². The Morgan fingerprint density at radius 1 is 1.22 bits per heavy atom. The molecular formula is C6H10ClNS. The lowest BCUT2D eigenvalue weighted by Gasteiger charge is -2.25. The number of hydrogen-bond donors (Lipinski definition) is 0. The standard InChI is InChI=1S/C6H10ClNS/c7-6(9)8-4-2-1-3-5-8/h1-5H2. The fourth-order valence-electron chi connectivity index (χ4n) is 1.07. The van der Waals surface area contributed by atoms with Crippen molar-refractivity contribution in [3.63, 3.8) is 0 Å². The number of rotatable bonds is 0. The molecule has 0 radical (unpaired) electrons. The zero-order chi connectivity index (χ0) is 6.69. The van der Waals surface area contributed by atoms with E-state index in [1.807, 2.05) is 0 Å². The smallest absolute Gasteiger partial charge is 0.169 e. The molecule has 52 valence electrons. The molecule has 0 unspecified atom stereocenters. The quantitative estimate of drug-likeness (QED) is 0.305. The van der Waals surface area contributed by atoms with Crippen LogP contribution in [-0.4, -0.2) is 22.4 Å². The predicted molar refractivity (Wildman–Crippen MR) is 43.9 cm³/mol. The number of nitrogens with zero attached hydrogens (tertiary/aromatic N) is 1. The van der Waals surface area contributed by atoms with E-state index in [9.17, 15) is 0 Å². The number of hydrogen-bond acceptors (Lipinski definition) is 1. The van der Waals surface area contributed by atoms with Crippen molar-refractivity contribution in [1.29, 1.82) is 0 Å². The summed E-state index contributed by atoms with van der Waals surface area (Å²) in [7, 11) is 0. The second-order valence-electron chi connectivity index (χ2n) is 2.30. The minimum absolute atomic E-state index is 0.537. The van der Waals surface area contributed by atoms with Crippen molar-refractivity contribution in [3.8, 4) is 0 Å². The fraction of sp³-hybridized carbons (Fsp3) is 0.833. The maximum atomic E-state index is 5.61. The topological polar surface area (TPSA) is 3.24 Å². The molecule has 0 spiro atoms. The van der Waals surface area contributed by atoms with Gasteiger partial charge in [-0.15, -0.1) is 0 Å². The average molecular weight is 164 g/mol. The lowest BCUT2D eigenvalue weighted by molar-refractivity contribution is 0.351. The highest BCUT2D eigenvalue weighted by atomic mass is 35.5. The van der Waals surface area contributed by atoms with Crippen molar-refractivity contribution in [3.05, 3.63) is 0 Å². The van der Waals surface area contributed by atoms with Gasteiger partial charge in [0.05, 0.1) is 0 Å². The molecule has 1 saturated heterocycles. The fourth-order valence-corrected chi connectivity index (χ4v) is 1.42. The number of piperidine rings is 1. The number of likely N-dealkylation sites (tertiary alicyclic amines) is 1. The normalized spacial score (nSPS) is 19.9. The molecule has 0 N–H and O–H groups in total. The van der Waals surface area contributed by atoms with Crippen LogP contribution in [0.15, 0.2) is 0 Å². The predicted octanol–water partition coefficient (Wildman–Crippen LogP) is 2.00. The Morgan fingerprint density at radius 3 is 2.11 bits per heavy atom. The van der Waals surface area contributed by atoms with E-state index in [1.165, 1.54) is 19.3 Å². The monoisotopic (exact) mass is 163 g/mol. The van der Waals surface area contributed by atoms with E-state index in [0.29, 0.717) is 4.45 Å². The van der Waals surface area contributed by atoms with E-state index in [2.05, 4.69) is 4.90 Å². The zero-order valence-electron chi connectivity index (χ0n) is 5.27. The van der Waals surface area contributed by atoms with E-state index < -0.39 is 0 Å². The highest BCUT2D eigenvalue weighted by Crippen LogP contribution is 2.10. The van der Waals surface area contributed by atoms with E-state index in [1.54, 1.807) is 0 Å². The molecule has 0 aromatic heterocycles. The van der Waals surface area contributed by atoms with Crippen molar-refractivity contribution in [1.82, 2.24) is 4.90 Å². The Labute approximate surface area is 66.0 Å². The minimum atomic E-state index is 0.537. The summed E-state index contributed by atoms with van der Waals surface area (Å²) in [5.74, 6) is 0. The molecule has 3 heteroatoms. The van der Waals surface area contributed by atoms with Crippen LogP contribution in [0.1, 0.15) is 19.3 Å². The largest absolute Gasteiger partial charge is 0.353 e. The number of thiocarbonyl (C=S) groups is 1. The van der Waals surface area contributed by atoms with E-state index in [0.717, 1.165) is 13.1 Å². The zero-order valence-corrected chi connectivity index (χ0v) is 6.84. The Bertz CT molecular complexity index is 110. The molecule has 0 bridgehead atoms. The summed E-state index contributed by atoms with van der Waals surface area (Å²) in [6.45, 7) is 2.12. The SMILES string of the molecule is S=C(Cl)N1CCCCC1. The highest BCUT2D eigenvalue weighted by molar-refractivity contribution is 7.83. The lowest BCUT2D eigenvalue weighted by atomic mass is 10.1. The second kappa shape index (κ2) is 3.37. The molecule has 1 fully saturated rings. The first-order valence-electron chi connectivity index (χ1n) is 3.25. The first kappa shape index (κ1) is 7.29. The van der Waals surface area contributed by atoms with E-state index >= 15 is 0 Å². The van der Waals surface area contributed by atoms with Gasteiger partial charge in [-0.2, -0.15) is 0 Å². The molecule has 1 rings (SSSR count). The molecule has 0 amide bonds. The van der Waals surface area contributed by atoms with Gasteiger partial charge >= 0.3 is 0 Å². The van der Waals surface area contributed by atoms with Gasteiger partial charge in [0.2, 0.25) is 0 Å². The molecule has 0 aromatic rings. The van der Waals surface area contributed by atoms with Crippen LogP contribution in [0.4, 0.5) is 0 Å². The van der Waals surface area contributed by atoms with Crippen LogP contribution in [0.5, 0.6) is 0 Å². The first-order chi connectivity index (χ1) is 4.30. The summed E-state index contributed by atoms with van der Waals surface area (Å²) in [6.07, 6.45) is 3.82. The van der Waals surface area contributed by atoms with Gasteiger partial charge in [-0.3, -0.25) is 0 Å². The number of halogens is 1. The van der Waals surface area contributed by atoms with Crippen molar-refractivity contribution in [2.24, 2.45) is 0 Å². The van der Waals surface area contributed by atoms with Crippen LogP contribution in [0.3, 0.4) is 0 Å². The molecule has 1 heterocycles. The Kier molecular flexibility index (Phi) is 2.73. The summed E-state index contributed by atoms with van der Waals surface area (Å²) in [6, 6.07) is 0. The van der Waals surface area contributed by atoms with Crippen molar-refractivity contribution in [2.75, 3.05) is 13.1 Å². The van der Waals surface area contributed by atoms with Crippen LogP contribution in [-0.2, 0) is 0 Å². The molecule has 9 heavy (non-hydrogen) atoms. The van der Waals surface area contributed by atoms with Gasteiger partial charge in [0.15, 0.2) is 4.45 Å². The van der Waals surface area contributed by atoms with Gasteiger partial charge in [-0.1, -0.05) is 11.6 Å². The molecule has 1 nitrogen and oxygen atoms in total. The first-order valence-corrected chi connectivity index (χ1v) is 4.04. The van der Waals surface area contributed by atoms with Crippen LogP contribution in [0.2, 0.25) is 0 Å². The van der Waals surface area contributed by atoms with Gasteiger partial charge in [-0.05, 0) is 31.5 Å². The maximum absolute atomic E-state index is 5.61. The van der Waals surface area contributed by atoms with Crippen LogP contribution < -0.4 is 0 Å². The summed E-state index contributed by atoms with van der Waals surface area (Å²) < 4.78 is 0.537. The van der Waals surface area contributed by atoms with Gasteiger partial charge in [0.1, 0.15) is 0 Å². The minimum Gasteiger partial charge on any atom is -0.353 e. The second-order valence-corrected chi connectivity index (χ2v) is 3.27. The van der Waals surface area contributed by atoms with Gasteiger partial charge in [0.25, 0.3) is 0 Å². The van der Waals surface area contributed by atoms with Gasteiger partial charge < -0.3 is 4.90 Å². The Balaban J connectivity index is 2.31. The lowest BCUT2D eigenvalue weighted by Crippen LogP contribution is -2.31. The third kappa shape index (κ3) is 2.11. The third-order valence-corrected chi connectivity index (χ3v) is 2.10. The van der Waals surface area contributed by atoms with Crippen molar-refractivity contribution in [2.45, 2.75) is 19.3 Å². The van der Waals surface area contributed by atoms with Crippen LogP contribution in [0, 0.1) is 0 Å². The molecule has 1 aliphatic rings. The Morgan fingerprint density at radius 2 is 1.78 bits per heavy atom. The van der Waals surface area contributed by atoms with Crippen molar-refractivity contribution < 1.29 is 0 Å². The Hall–Kier alpha value is 0.180. The molecule has 0 atom stereocenters. The van der Waals surface area contributed by atoms with Crippen molar-refractivity contribution >= 4 is 28.3 Å². The van der Waals surface area contributed by atoms with E-state index in [-0.39, 0.29) is 0 Å². The summed E-state index contributed by atoms with van der Waals surface area (Å²) in [4.78, 5) is 2.06. The van der Waals surface area contributed by atoms with Gasteiger partial charge in [0, 0.05) is 13.1 Å². The summed E-state index contributed by atoms with van der Waals surface area (Å²) in [5, 5.41) is 0. The maximum Gasteiger partial charge on any atom is 0.169 e. The van der Waals surface area contributed by atoms with Crippen LogP contribution in [0.25, 0.3) is 0 Å². The summed E-state index contributed by atoms with van der Waals surface area (Å²) in [5.41, 5.74) is 0. The van der Waals surface area contributed by atoms with Gasteiger partial charge in [-0.25, -0.2) is 0 Å². The molecular weight excluding hydrogens is 154 g/mol. The summed E-state index contributed by atoms with van der Waals surface area (Å²) >= 11 is 10.4. The molecule has 0 aliphatic carbocycles. The molecule has 1 aliphatic heterocycles. The average Bonchev–Trinajstić information content (AvgIpc) is 1.90. The van der Waals surface area contributed by atoms with Crippen LogP contribution >= 0.6 is 23.8 Å². The highest BCUT2D eigenvalue weighted by Gasteiger charge is 2.10. The third-order valence-electron chi connectivity index (χ3n) is 1.60.